The fourth-order valence-electron chi connectivity index (χ4n) is 2.50. The Morgan fingerprint density at radius 2 is 2.16 bits per heavy atom. The Balaban J connectivity index is 1.92. The van der Waals surface area contributed by atoms with E-state index in [4.69, 9.17) is 4.74 Å². The van der Waals surface area contributed by atoms with E-state index in [0.717, 1.165) is 35.2 Å². The third kappa shape index (κ3) is 2.59. The quantitative estimate of drug-likeness (QED) is 0.836. The topological polar surface area (TPSA) is 25.4 Å². The van der Waals surface area contributed by atoms with Gasteiger partial charge in [-0.3, -0.25) is 0 Å². The Bertz CT molecular complexity index is 591. The van der Waals surface area contributed by atoms with Crippen LogP contribution < -0.4 is 9.64 Å². The standard InChI is InChI=1S/C15H18N2OS/c1-11-16-12(9-19-11)8-17-10-15(2,3)18-14-7-5-4-6-13(14)17/h4-7,9H,8,10H2,1-3H3. The van der Waals surface area contributed by atoms with Crippen molar-refractivity contribution in [1.82, 2.24) is 4.98 Å². The third-order valence-corrected chi connectivity index (χ3v) is 4.01. The molecule has 0 bridgehead atoms. The summed E-state index contributed by atoms with van der Waals surface area (Å²) in [7, 11) is 0. The number of aryl methyl sites for hydroxylation is 1. The van der Waals surface area contributed by atoms with Gasteiger partial charge in [-0.05, 0) is 32.9 Å². The lowest BCUT2D eigenvalue weighted by Crippen LogP contribution is -2.46. The molecule has 0 radical (unpaired) electrons. The lowest BCUT2D eigenvalue weighted by Gasteiger charge is -2.40. The van der Waals surface area contributed by atoms with Crippen molar-refractivity contribution in [2.45, 2.75) is 32.9 Å². The van der Waals surface area contributed by atoms with Crippen molar-refractivity contribution >= 4 is 17.0 Å². The van der Waals surface area contributed by atoms with Gasteiger partial charge in [-0.2, -0.15) is 0 Å². The van der Waals surface area contributed by atoms with Crippen LogP contribution in [0.25, 0.3) is 0 Å². The zero-order valence-corrected chi connectivity index (χ0v) is 12.3. The summed E-state index contributed by atoms with van der Waals surface area (Å²) < 4.78 is 6.03. The van der Waals surface area contributed by atoms with E-state index in [1.54, 1.807) is 11.3 Å². The van der Waals surface area contributed by atoms with Crippen LogP contribution in [0, 0.1) is 6.92 Å². The number of para-hydroxylation sites is 2. The molecule has 100 valence electrons. The maximum absolute atomic E-state index is 6.03. The molecule has 4 heteroatoms. The molecule has 1 aromatic heterocycles. The van der Waals surface area contributed by atoms with Crippen LogP contribution in [0.5, 0.6) is 5.75 Å². The normalized spacial score (nSPS) is 16.9. The SMILES string of the molecule is Cc1nc(CN2CC(C)(C)Oc3ccccc32)cs1. The largest absolute Gasteiger partial charge is 0.484 e. The Hall–Kier alpha value is -1.55. The van der Waals surface area contributed by atoms with Crippen molar-refractivity contribution in [2.75, 3.05) is 11.4 Å². The minimum atomic E-state index is -0.167. The van der Waals surface area contributed by atoms with Gasteiger partial charge in [-0.15, -0.1) is 11.3 Å². The summed E-state index contributed by atoms with van der Waals surface area (Å²) in [6.45, 7) is 8.02. The van der Waals surface area contributed by atoms with Crippen molar-refractivity contribution in [1.29, 1.82) is 0 Å². The average molecular weight is 274 g/mol. The molecule has 0 amide bonds. The van der Waals surface area contributed by atoms with Gasteiger partial charge in [0.2, 0.25) is 0 Å². The van der Waals surface area contributed by atoms with E-state index in [2.05, 4.69) is 41.2 Å². The van der Waals surface area contributed by atoms with Crippen LogP contribution in [-0.2, 0) is 6.54 Å². The van der Waals surface area contributed by atoms with E-state index in [-0.39, 0.29) is 5.60 Å². The van der Waals surface area contributed by atoms with Crippen LogP contribution in [0.15, 0.2) is 29.6 Å². The molecule has 0 fully saturated rings. The zero-order valence-electron chi connectivity index (χ0n) is 11.5. The van der Waals surface area contributed by atoms with Gasteiger partial charge in [0.25, 0.3) is 0 Å². The van der Waals surface area contributed by atoms with E-state index in [1.807, 2.05) is 19.1 Å². The predicted octanol–water partition coefficient (Wildman–Crippen LogP) is 3.63. The van der Waals surface area contributed by atoms with Gasteiger partial charge in [-0.25, -0.2) is 4.98 Å². The molecule has 1 aliphatic rings. The second-order valence-electron chi connectivity index (χ2n) is 5.54. The molecule has 0 saturated heterocycles. The number of fused-ring (bicyclic) bond motifs is 1. The van der Waals surface area contributed by atoms with Crippen LogP contribution in [0.1, 0.15) is 24.5 Å². The van der Waals surface area contributed by atoms with E-state index < -0.39 is 0 Å². The lowest BCUT2D eigenvalue weighted by atomic mass is 10.0. The second kappa shape index (κ2) is 4.53. The van der Waals surface area contributed by atoms with Crippen molar-refractivity contribution in [3.8, 4) is 5.75 Å². The highest BCUT2D eigenvalue weighted by Crippen LogP contribution is 2.37. The van der Waals surface area contributed by atoms with Gasteiger partial charge in [0, 0.05) is 5.38 Å². The Morgan fingerprint density at radius 1 is 1.37 bits per heavy atom. The summed E-state index contributed by atoms with van der Waals surface area (Å²) in [4.78, 5) is 6.92. The van der Waals surface area contributed by atoms with Crippen LogP contribution in [-0.4, -0.2) is 17.1 Å². The maximum Gasteiger partial charge on any atom is 0.143 e. The van der Waals surface area contributed by atoms with E-state index in [0.29, 0.717) is 0 Å². The van der Waals surface area contributed by atoms with Crippen LogP contribution in [0.3, 0.4) is 0 Å². The number of aromatic nitrogens is 1. The van der Waals surface area contributed by atoms with Crippen molar-refractivity contribution < 1.29 is 4.74 Å². The fourth-order valence-corrected chi connectivity index (χ4v) is 3.10. The first-order valence-electron chi connectivity index (χ1n) is 6.47. The summed E-state index contributed by atoms with van der Waals surface area (Å²) in [5.41, 5.74) is 2.13. The monoisotopic (exact) mass is 274 g/mol. The molecule has 0 spiro atoms. The van der Waals surface area contributed by atoms with E-state index >= 15 is 0 Å². The smallest absolute Gasteiger partial charge is 0.143 e. The van der Waals surface area contributed by atoms with Gasteiger partial charge >= 0.3 is 0 Å². The van der Waals surface area contributed by atoms with Gasteiger partial charge in [0.15, 0.2) is 0 Å². The second-order valence-corrected chi connectivity index (χ2v) is 6.61. The number of ether oxygens (including phenoxy) is 1. The fraction of sp³-hybridized carbons (Fsp3) is 0.400. The first-order valence-corrected chi connectivity index (χ1v) is 7.35. The molecule has 3 rings (SSSR count). The van der Waals surface area contributed by atoms with Crippen LogP contribution in [0.2, 0.25) is 0 Å². The molecular formula is C15H18N2OS. The number of anilines is 1. The molecule has 0 unspecified atom stereocenters. The predicted molar refractivity (Wildman–Crippen MR) is 79.1 cm³/mol. The minimum absolute atomic E-state index is 0.167. The highest BCUT2D eigenvalue weighted by molar-refractivity contribution is 7.09. The molecule has 3 nitrogen and oxygen atoms in total. The number of benzene rings is 1. The third-order valence-electron chi connectivity index (χ3n) is 3.18. The van der Waals surface area contributed by atoms with Gasteiger partial charge in [0.1, 0.15) is 11.4 Å². The summed E-state index contributed by atoms with van der Waals surface area (Å²) in [6, 6.07) is 8.23. The highest BCUT2D eigenvalue weighted by Gasteiger charge is 2.31. The lowest BCUT2D eigenvalue weighted by molar-refractivity contribution is 0.104. The molecule has 0 saturated carbocycles. The van der Waals surface area contributed by atoms with Gasteiger partial charge < -0.3 is 9.64 Å². The van der Waals surface area contributed by atoms with E-state index in [9.17, 15) is 0 Å². The first-order chi connectivity index (χ1) is 9.03. The molecule has 19 heavy (non-hydrogen) atoms. The molecule has 0 N–H and O–H groups in total. The molecule has 1 aliphatic heterocycles. The zero-order chi connectivity index (χ0) is 13.5. The summed E-state index contributed by atoms with van der Waals surface area (Å²) in [5, 5.41) is 3.26. The molecule has 1 aromatic carbocycles. The molecule has 2 aromatic rings. The number of rotatable bonds is 2. The molecule has 0 aliphatic carbocycles. The summed E-state index contributed by atoms with van der Waals surface area (Å²) in [5.74, 6) is 0.964. The van der Waals surface area contributed by atoms with Gasteiger partial charge in [-0.1, -0.05) is 12.1 Å². The average Bonchev–Trinajstić information content (AvgIpc) is 2.73. The van der Waals surface area contributed by atoms with Crippen LogP contribution >= 0.6 is 11.3 Å². The number of thiazole rings is 1. The first kappa shape index (κ1) is 12.5. The maximum atomic E-state index is 6.03. The van der Waals surface area contributed by atoms with Gasteiger partial charge in [0.05, 0.1) is 29.5 Å². The molecular weight excluding hydrogens is 256 g/mol. The Labute approximate surface area is 117 Å². The summed E-state index contributed by atoms with van der Waals surface area (Å²) >= 11 is 1.71. The minimum Gasteiger partial charge on any atom is -0.484 e. The number of hydrogen-bond donors (Lipinski definition) is 0. The van der Waals surface area contributed by atoms with Crippen molar-refractivity contribution in [3.63, 3.8) is 0 Å². The molecule has 0 atom stereocenters. The van der Waals surface area contributed by atoms with Crippen molar-refractivity contribution in [3.05, 3.63) is 40.3 Å². The summed E-state index contributed by atoms with van der Waals surface area (Å²) in [6.07, 6.45) is 0. The van der Waals surface area contributed by atoms with Crippen LogP contribution in [0.4, 0.5) is 5.69 Å². The number of nitrogens with zero attached hydrogens (tertiary/aromatic N) is 2. The Kier molecular flexibility index (Phi) is 2.97. The Morgan fingerprint density at radius 3 is 2.89 bits per heavy atom. The van der Waals surface area contributed by atoms with E-state index in [1.165, 1.54) is 0 Å². The highest BCUT2D eigenvalue weighted by atomic mass is 32.1. The number of hydrogen-bond acceptors (Lipinski definition) is 4. The van der Waals surface area contributed by atoms with Crippen molar-refractivity contribution in [2.24, 2.45) is 0 Å². The molecule has 2 heterocycles.